The molecule has 1 aromatic heterocycles. The van der Waals surface area contributed by atoms with Crippen molar-refractivity contribution in [2.45, 2.75) is 6.92 Å². The van der Waals surface area contributed by atoms with E-state index in [-0.39, 0.29) is 0 Å². The van der Waals surface area contributed by atoms with Gasteiger partial charge in [0.15, 0.2) is 0 Å². The van der Waals surface area contributed by atoms with Crippen LogP contribution in [-0.2, 0) is 0 Å². The minimum Gasteiger partial charge on any atom is -0.298 e. The van der Waals surface area contributed by atoms with E-state index in [0.29, 0.717) is 5.56 Å². The SMILES string of the molecule is Cc1ccc(-c2ccc(C=O)cc2)nn1. The van der Waals surface area contributed by atoms with Gasteiger partial charge in [-0.2, -0.15) is 10.2 Å². The summed E-state index contributed by atoms with van der Waals surface area (Å²) in [6.45, 7) is 1.90. The van der Waals surface area contributed by atoms with Crippen LogP contribution in [0.5, 0.6) is 0 Å². The lowest BCUT2D eigenvalue weighted by Crippen LogP contribution is -1.89. The number of benzene rings is 1. The number of hydrogen-bond donors (Lipinski definition) is 0. The normalized spacial score (nSPS) is 9.93. The second-order valence-corrected chi connectivity index (χ2v) is 3.30. The Hall–Kier alpha value is -2.03. The molecular weight excluding hydrogens is 188 g/mol. The number of carbonyl (C=O) groups is 1. The third kappa shape index (κ3) is 2.07. The predicted octanol–water partition coefficient (Wildman–Crippen LogP) is 2.26. The summed E-state index contributed by atoms with van der Waals surface area (Å²) < 4.78 is 0. The summed E-state index contributed by atoms with van der Waals surface area (Å²) in [4.78, 5) is 10.5. The standard InChI is InChI=1S/C12H10N2O/c1-9-2-7-12(14-13-9)11-5-3-10(8-15)4-6-11/h2-8H,1H3. The van der Waals surface area contributed by atoms with Crippen LogP contribution in [0.4, 0.5) is 0 Å². The fourth-order valence-corrected chi connectivity index (χ4v) is 1.29. The summed E-state index contributed by atoms with van der Waals surface area (Å²) in [7, 11) is 0. The van der Waals surface area contributed by atoms with Crippen molar-refractivity contribution in [3.8, 4) is 11.3 Å². The fourth-order valence-electron chi connectivity index (χ4n) is 1.29. The zero-order valence-electron chi connectivity index (χ0n) is 8.34. The van der Waals surface area contributed by atoms with E-state index in [1.165, 1.54) is 0 Å². The van der Waals surface area contributed by atoms with Crippen molar-refractivity contribution in [3.05, 3.63) is 47.7 Å². The average molecular weight is 198 g/mol. The van der Waals surface area contributed by atoms with Gasteiger partial charge < -0.3 is 0 Å². The molecule has 0 fully saturated rings. The minimum atomic E-state index is 0.666. The number of carbonyl (C=O) groups excluding carboxylic acids is 1. The smallest absolute Gasteiger partial charge is 0.150 e. The number of aryl methyl sites for hydroxylation is 1. The largest absolute Gasteiger partial charge is 0.298 e. The molecular formula is C12H10N2O. The molecule has 1 heterocycles. The third-order valence-electron chi connectivity index (χ3n) is 2.14. The van der Waals surface area contributed by atoms with E-state index in [9.17, 15) is 4.79 Å². The van der Waals surface area contributed by atoms with Crippen LogP contribution in [0, 0.1) is 6.92 Å². The van der Waals surface area contributed by atoms with Gasteiger partial charge in [0, 0.05) is 11.1 Å². The molecule has 3 nitrogen and oxygen atoms in total. The molecule has 0 unspecified atom stereocenters. The lowest BCUT2D eigenvalue weighted by Gasteiger charge is -1.99. The molecule has 0 saturated carbocycles. The predicted molar refractivity (Wildman–Crippen MR) is 57.6 cm³/mol. The molecule has 0 radical (unpaired) electrons. The molecule has 3 heteroatoms. The van der Waals surface area contributed by atoms with Gasteiger partial charge in [0.1, 0.15) is 6.29 Å². The maximum Gasteiger partial charge on any atom is 0.150 e. The Balaban J connectivity index is 2.37. The van der Waals surface area contributed by atoms with Gasteiger partial charge in [0.25, 0.3) is 0 Å². The first-order valence-electron chi connectivity index (χ1n) is 4.65. The molecule has 0 spiro atoms. The molecule has 0 N–H and O–H groups in total. The molecule has 0 bridgehead atoms. The molecule has 2 aromatic rings. The second kappa shape index (κ2) is 4.00. The van der Waals surface area contributed by atoms with Crippen LogP contribution < -0.4 is 0 Å². The maximum atomic E-state index is 10.5. The van der Waals surface area contributed by atoms with Gasteiger partial charge in [0.2, 0.25) is 0 Å². The zero-order chi connectivity index (χ0) is 10.7. The van der Waals surface area contributed by atoms with E-state index >= 15 is 0 Å². The van der Waals surface area contributed by atoms with E-state index in [2.05, 4.69) is 10.2 Å². The number of aromatic nitrogens is 2. The zero-order valence-corrected chi connectivity index (χ0v) is 8.34. The second-order valence-electron chi connectivity index (χ2n) is 3.30. The van der Waals surface area contributed by atoms with Crippen LogP contribution in [-0.4, -0.2) is 16.5 Å². The lowest BCUT2D eigenvalue weighted by atomic mass is 10.1. The van der Waals surface area contributed by atoms with Crippen LogP contribution >= 0.6 is 0 Å². The molecule has 1 aromatic carbocycles. The van der Waals surface area contributed by atoms with E-state index in [4.69, 9.17) is 0 Å². The topological polar surface area (TPSA) is 42.9 Å². The van der Waals surface area contributed by atoms with E-state index < -0.39 is 0 Å². The van der Waals surface area contributed by atoms with E-state index in [1.807, 2.05) is 31.2 Å². The summed E-state index contributed by atoms with van der Waals surface area (Å²) in [5.74, 6) is 0. The summed E-state index contributed by atoms with van der Waals surface area (Å²) in [6, 6.07) is 11.1. The van der Waals surface area contributed by atoms with Crippen molar-refractivity contribution in [3.63, 3.8) is 0 Å². The highest BCUT2D eigenvalue weighted by Gasteiger charge is 1.99. The molecule has 0 amide bonds. The monoisotopic (exact) mass is 198 g/mol. The Morgan fingerprint density at radius 3 is 2.27 bits per heavy atom. The third-order valence-corrected chi connectivity index (χ3v) is 2.14. The molecule has 0 aliphatic carbocycles. The Bertz CT molecular complexity index is 460. The summed E-state index contributed by atoms with van der Waals surface area (Å²) in [6.07, 6.45) is 0.824. The van der Waals surface area contributed by atoms with Crippen LogP contribution in [0.2, 0.25) is 0 Å². The number of nitrogens with zero attached hydrogens (tertiary/aromatic N) is 2. The Morgan fingerprint density at radius 1 is 1.00 bits per heavy atom. The highest BCUT2D eigenvalue weighted by atomic mass is 16.1. The summed E-state index contributed by atoms with van der Waals surface area (Å²) in [5, 5.41) is 8.04. The van der Waals surface area contributed by atoms with Crippen molar-refractivity contribution in [1.29, 1.82) is 0 Å². The van der Waals surface area contributed by atoms with Crippen LogP contribution in [0.3, 0.4) is 0 Å². The van der Waals surface area contributed by atoms with Gasteiger partial charge in [-0.25, -0.2) is 0 Å². The van der Waals surface area contributed by atoms with Gasteiger partial charge in [-0.3, -0.25) is 4.79 Å². The van der Waals surface area contributed by atoms with Gasteiger partial charge in [-0.1, -0.05) is 24.3 Å². The van der Waals surface area contributed by atoms with Crippen molar-refractivity contribution >= 4 is 6.29 Å². The van der Waals surface area contributed by atoms with Gasteiger partial charge >= 0.3 is 0 Å². The summed E-state index contributed by atoms with van der Waals surface area (Å²) in [5.41, 5.74) is 3.34. The Kier molecular flexibility index (Phi) is 2.54. The van der Waals surface area contributed by atoms with Gasteiger partial charge in [-0.05, 0) is 19.1 Å². The molecule has 74 valence electrons. The Labute approximate surface area is 87.8 Å². The molecule has 0 atom stereocenters. The number of hydrogen-bond acceptors (Lipinski definition) is 3. The number of rotatable bonds is 2. The van der Waals surface area contributed by atoms with Gasteiger partial charge in [-0.15, -0.1) is 0 Å². The van der Waals surface area contributed by atoms with E-state index in [1.54, 1.807) is 12.1 Å². The van der Waals surface area contributed by atoms with Crippen molar-refractivity contribution in [1.82, 2.24) is 10.2 Å². The first-order valence-corrected chi connectivity index (χ1v) is 4.65. The molecule has 0 aliphatic rings. The average Bonchev–Trinajstić information content (AvgIpc) is 2.30. The quantitative estimate of drug-likeness (QED) is 0.695. The highest BCUT2D eigenvalue weighted by Crippen LogP contribution is 2.16. The van der Waals surface area contributed by atoms with E-state index in [0.717, 1.165) is 23.2 Å². The molecule has 2 rings (SSSR count). The molecule has 0 aliphatic heterocycles. The van der Waals surface area contributed by atoms with Crippen LogP contribution in [0.25, 0.3) is 11.3 Å². The van der Waals surface area contributed by atoms with Crippen LogP contribution in [0.15, 0.2) is 36.4 Å². The summed E-state index contributed by atoms with van der Waals surface area (Å²) >= 11 is 0. The van der Waals surface area contributed by atoms with Crippen molar-refractivity contribution in [2.75, 3.05) is 0 Å². The Morgan fingerprint density at radius 2 is 1.73 bits per heavy atom. The van der Waals surface area contributed by atoms with Crippen molar-refractivity contribution in [2.24, 2.45) is 0 Å². The minimum absolute atomic E-state index is 0.666. The first kappa shape index (κ1) is 9.52. The first-order chi connectivity index (χ1) is 7.29. The van der Waals surface area contributed by atoms with Gasteiger partial charge in [0.05, 0.1) is 11.4 Å². The lowest BCUT2D eigenvalue weighted by molar-refractivity contribution is 0.112. The van der Waals surface area contributed by atoms with Crippen molar-refractivity contribution < 1.29 is 4.79 Å². The van der Waals surface area contributed by atoms with Crippen LogP contribution in [0.1, 0.15) is 16.1 Å². The molecule has 15 heavy (non-hydrogen) atoms. The highest BCUT2D eigenvalue weighted by molar-refractivity contribution is 5.76. The fraction of sp³-hybridized carbons (Fsp3) is 0.0833. The maximum absolute atomic E-state index is 10.5. The number of aldehydes is 1. The molecule has 0 saturated heterocycles.